The predicted molar refractivity (Wildman–Crippen MR) is 66.0 cm³/mol. The van der Waals surface area contributed by atoms with Gasteiger partial charge in [0.25, 0.3) is 0 Å². The van der Waals surface area contributed by atoms with Crippen LogP contribution in [0, 0.1) is 11.6 Å². The Labute approximate surface area is 106 Å². The van der Waals surface area contributed by atoms with Crippen LogP contribution in [-0.4, -0.2) is 30.9 Å². The maximum atomic E-state index is 13.4. The maximum Gasteiger partial charge on any atom is 0.236 e. The van der Waals surface area contributed by atoms with Gasteiger partial charge in [0.1, 0.15) is 11.6 Å². The molecule has 3 nitrogen and oxygen atoms in total. The van der Waals surface area contributed by atoms with Crippen LogP contribution in [0.1, 0.15) is 18.9 Å². The van der Waals surface area contributed by atoms with Crippen LogP contribution in [0.3, 0.4) is 0 Å². The fourth-order valence-electron chi connectivity index (χ4n) is 1.50. The first kappa shape index (κ1) is 14.6. The van der Waals surface area contributed by atoms with Gasteiger partial charge >= 0.3 is 0 Å². The van der Waals surface area contributed by atoms with Gasteiger partial charge in [0.05, 0.1) is 6.54 Å². The molecule has 0 radical (unpaired) electrons. The summed E-state index contributed by atoms with van der Waals surface area (Å²) < 4.78 is 26.1. The van der Waals surface area contributed by atoms with Crippen LogP contribution in [0.2, 0.25) is 0 Å². The molecule has 1 rings (SSSR count). The third-order valence-electron chi connectivity index (χ3n) is 2.55. The third kappa shape index (κ3) is 4.41. The number of nitrogens with zero attached hydrogens (tertiary/aromatic N) is 1. The third-order valence-corrected chi connectivity index (χ3v) is 2.55. The minimum Gasteiger partial charge on any atom is -0.340 e. The molecule has 0 aliphatic heterocycles. The Morgan fingerprint density at radius 3 is 2.72 bits per heavy atom. The highest BCUT2D eigenvalue weighted by molar-refractivity contribution is 5.77. The van der Waals surface area contributed by atoms with Crippen LogP contribution in [0.25, 0.3) is 0 Å². The normalized spacial score (nSPS) is 10.4. The van der Waals surface area contributed by atoms with Crippen molar-refractivity contribution in [2.45, 2.75) is 19.9 Å². The van der Waals surface area contributed by atoms with Crippen molar-refractivity contribution in [1.82, 2.24) is 10.2 Å². The Bertz CT molecular complexity index is 410. The van der Waals surface area contributed by atoms with Gasteiger partial charge in [-0.1, -0.05) is 13.0 Å². The number of benzene rings is 1. The number of hydrogen-bond acceptors (Lipinski definition) is 2. The standard InChI is InChI=1S/C13H18F2N2O/c1-3-6-16-8-13(18)17(2)9-10-4-5-11(14)7-12(10)15/h4-5,7,16H,3,6,8-9H2,1-2H3. The average Bonchev–Trinajstić information content (AvgIpc) is 2.32. The Morgan fingerprint density at radius 1 is 1.39 bits per heavy atom. The van der Waals surface area contributed by atoms with Gasteiger partial charge in [-0.05, 0) is 19.0 Å². The van der Waals surface area contributed by atoms with Gasteiger partial charge in [-0.25, -0.2) is 8.78 Å². The molecule has 1 aromatic carbocycles. The monoisotopic (exact) mass is 256 g/mol. The van der Waals surface area contributed by atoms with Gasteiger partial charge in [-0.15, -0.1) is 0 Å². The summed E-state index contributed by atoms with van der Waals surface area (Å²) in [6.07, 6.45) is 0.948. The molecule has 0 spiro atoms. The molecular weight excluding hydrogens is 238 g/mol. The molecule has 18 heavy (non-hydrogen) atoms. The number of carbonyl (C=O) groups excluding carboxylic acids is 1. The van der Waals surface area contributed by atoms with Crippen molar-refractivity contribution in [1.29, 1.82) is 0 Å². The maximum absolute atomic E-state index is 13.4. The van der Waals surface area contributed by atoms with E-state index in [-0.39, 0.29) is 19.0 Å². The van der Waals surface area contributed by atoms with Gasteiger partial charge in [-0.2, -0.15) is 0 Å². The second-order valence-electron chi connectivity index (χ2n) is 4.16. The van der Waals surface area contributed by atoms with Crippen LogP contribution in [0.15, 0.2) is 18.2 Å². The van der Waals surface area contributed by atoms with Gasteiger partial charge in [-0.3, -0.25) is 4.79 Å². The first-order valence-corrected chi connectivity index (χ1v) is 5.93. The van der Waals surface area contributed by atoms with Crippen LogP contribution in [0.5, 0.6) is 0 Å². The van der Waals surface area contributed by atoms with Crippen molar-refractivity contribution >= 4 is 5.91 Å². The van der Waals surface area contributed by atoms with Crippen LogP contribution in [-0.2, 0) is 11.3 Å². The SMILES string of the molecule is CCCNCC(=O)N(C)Cc1ccc(F)cc1F. The molecule has 1 amide bonds. The van der Waals surface area contributed by atoms with Crippen molar-refractivity contribution in [2.75, 3.05) is 20.1 Å². The Kier molecular flexibility index (Phi) is 5.71. The van der Waals surface area contributed by atoms with E-state index in [9.17, 15) is 13.6 Å². The first-order chi connectivity index (χ1) is 8.54. The number of amides is 1. The van der Waals surface area contributed by atoms with E-state index < -0.39 is 11.6 Å². The zero-order chi connectivity index (χ0) is 13.5. The highest BCUT2D eigenvalue weighted by Gasteiger charge is 2.11. The van der Waals surface area contributed by atoms with Crippen molar-refractivity contribution in [3.05, 3.63) is 35.4 Å². The number of nitrogens with one attached hydrogen (secondary N) is 1. The summed E-state index contributed by atoms with van der Waals surface area (Å²) in [5.74, 6) is -1.36. The molecule has 0 aliphatic carbocycles. The van der Waals surface area contributed by atoms with E-state index in [1.54, 1.807) is 7.05 Å². The molecule has 0 aliphatic rings. The molecule has 0 bridgehead atoms. The van der Waals surface area contributed by atoms with Crippen molar-refractivity contribution < 1.29 is 13.6 Å². The van der Waals surface area contributed by atoms with E-state index in [1.807, 2.05) is 6.92 Å². The Hall–Kier alpha value is -1.49. The van der Waals surface area contributed by atoms with Crippen molar-refractivity contribution in [3.8, 4) is 0 Å². The molecular formula is C13H18F2N2O. The topological polar surface area (TPSA) is 32.3 Å². The summed E-state index contributed by atoms with van der Waals surface area (Å²) in [5.41, 5.74) is 0.308. The second-order valence-corrected chi connectivity index (χ2v) is 4.16. The number of rotatable bonds is 6. The van der Waals surface area contributed by atoms with Crippen molar-refractivity contribution in [2.24, 2.45) is 0 Å². The molecule has 0 unspecified atom stereocenters. The molecule has 1 aromatic rings. The van der Waals surface area contributed by atoms with Crippen molar-refractivity contribution in [3.63, 3.8) is 0 Å². The highest BCUT2D eigenvalue weighted by atomic mass is 19.1. The zero-order valence-electron chi connectivity index (χ0n) is 10.7. The lowest BCUT2D eigenvalue weighted by Gasteiger charge is -2.18. The quantitative estimate of drug-likeness (QED) is 0.789. The summed E-state index contributed by atoms with van der Waals surface area (Å²) in [4.78, 5) is 13.1. The first-order valence-electron chi connectivity index (χ1n) is 5.93. The molecule has 1 N–H and O–H groups in total. The van der Waals surface area contributed by atoms with E-state index in [0.717, 1.165) is 19.0 Å². The Balaban J connectivity index is 2.53. The molecule has 0 fully saturated rings. The van der Waals surface area contributed by atoms with Gasteiger partial charge in [0, 0.05) is 25.2 Å². The summed E-state index contributed by atoms with van der Waals surface area (Å²) >= 11 is 0. The lowest BCUT2D eigenvalue weighted by Crippen LogP contribution is -2.35. The number of halogens is 2. The lowest BCUT2D eigenvalue weighted by molar-refractivity contribution is -0.129. The van der Waals surface area contributed by atoms with E-state index in [0.29, 0.717) is 5.56 Å². The second kappa shape index (κ2) is 7.06. The molecule has 0 heterocycles. The van der Waals surface area contributed by atoms with Gasteiger partial charge in [0.15, 0.2) is 0 Å². The fraction of sp³-hybridized carbons (Fsp3) is 0.462. The molecule has 100 valence electrons. The number of likely N-dealkylation sites (N-methyl/N-ethyl adjacent to an activating group) is 1. The fourth-order valence-corrected chi connectivity index (χ4v) is 1.50. The summed E-state index contributed by atoms with van der Waals surface area (Å²) in [5, 5.41) is 2.98. The van der Waals surface area contributed by atoms with Crippen LogP contribution >= 0.6 is 0 Å². The van der Waals surface area contributed by atoms with E-state index in [4.69, 9.17) is 0 Å². The summed E-state index contributed by atoms with van der Waals surface area (Å²) in [7, 11) is 1.60. The van der Waals surface area contributed by atoms with E-state index in [1.165, 1.54) is 17.0 Å². The van der Waals surface area contributed by atoms with Gasteiger partial charge < -0.3 is 10.2 Å². The smallest absolute Gasteiger partial charge is 0.236 e. The zero-order valence-corrected chi connectivity index (χ0v) is 10.7. The minimum atomic E-state index is -0.629. The number of carbonyl (C=O) groups is 1. The summed E-state index contributed by atoms with van der Waals surface area (Å²) in [6.45, 7) is 3.14. The number of hydrogen-bond donors (Lipinski definition) is 1. The van der Waals surface area contributed by atoms with Gasteiger partial charge in [0.2, 0.25) is 5.91 Å². The molecule has 0 atom stereocenters. The van der Waals surface area contributed by atoms with E-state index in [2.05, 4.69) is 5.32 Å². The van der Waals surface area contributed by atoms with E-state index >= 15 is 0 Å². The minimum absolute atomic E-state index is 0.118. The average molecular weight is 256 g/mol. The lowest BCUT2D eigenvalue weighted by atomic mass is 10.2. The summed E-state index contributed by atoms with van der Waals surface area (Å²) in [6, 6.07) is 3.36. The van der Waals surface area contributed by atoms with Crippen LogP contribution < -0.4 is 5.32 Å². The molecule has 5 heteroatoms. The van der Waals surface area contributed by atoms with Crippen LogP contribution in [0.4, 0.5) is 8.78 Å². The largest absolute Gasteiger partial charge is 0.340 e. The Morgan fingerprint density at radius 2 is 2.11 bits per heavy atom. The molecule has 0 saturated heterocycles. The predicted octanol–water partition coefficient (Wildman–Crippen LogP) is 1.92. The molecule has 0 aromatic heterocycles. The highest BCUT2D eigenvalue weighted by Crippen LogP contribution is 2.11. The molecule has 0 saturated carbocycles.